The zero-order valence-corrected chi connectivity index (χ0v) is 12.7. The van der Waals surface area contributed by atoms with Crippen LogP contribution >= 0.6 is 22.6 Å². The third kappa shape index (κ3) is 4.36. The molecule has 1 rings (SSSR count). The Kier molecular flexibility index (Phi) is 5.25. The van der Waals surface area contributed by atoms with Crippen molar-refractivity contribution >= 4 is 32.7 Å². The summed E-state index contributed by atoms with van der Waals surface area (Å²) in [5.41, 5.74) is 0.603. The maximum atomic E-state index is 11.1. The molecule has 0 radical (unpaired) electrons. The second kappa shape index (κ2) is 6.26. The fourth-order valence-electron chi connectivity index (χ4n) is 1.17. The van der Waals surface area contributed by atoms with Crippen LogP contribution in [0, 0.1) is 15.4 Å². The molecule has 98 valence electrons. The van der Waals surface area contributed by atoms with E-state index in [0.29, 0.717) is 9.13 Å². The fourth-order valence-corrected chi connectivity index (χ4v) is 2.50. The minimum Gasteiger partial charge on any atom is -0.493 e. The van der Waals surface area contributed by atoms with Crippen LogP contribution in [0.1, 0.15) is 5.56 Å². The van der Waals surface area contributed by atoms with Crippen LogP contribution in [-0.2, 0) is 10.1 Å². The van der Waals surface area contributed by atoms with Gasteiger partial charge in [0.2, 0.25) is 0 Å². The van der Waals surface area contributed by atoms with Gasteiger partial charge in [-0.3, -0.25) is 0 Å². The average Bonchev–Trinajstić information content (AvgIpc) is 2.27. The summed E-state index contributed by atoms with van der Waals surface area (Å²) in [6.45, 7) is -0.250. The predicted octanol–water partition coefficient (Wildman–Crippen LogP) is 0.982. The molecule has 0 aliphatic rings. The zero-order valence-electron chi connectivity index (χ0n) is 9.73. The molecule has 0 saturated carbocycles. The molecule has 7 heteroatoms. The van der Waals surface area contributed by atoms with E-state index < -0.39 is 10.1 Å². The Bertz CT molecular complexity index is 598. The molecule has 0 bridgehead atoms. The highest BCUT2D eigenvalue weighted by molar-refractivity contribution is 14.1. The first kappa shape index (κ1) is 15.1. The second-order valence-corrected chi connectivity index (χ2v) is 5.97. The van der Waals surface area contributed by atoms with Crippen LogP contribution in [-0.4, -0.2) is 33.5 Å². The van der Waals surface area contributed by atoms with Crippen LogP contribution in [0.4, 0.5) is 0 Å². The monoisotopic (exact) mass is 382 g/mol. The van der Waals surface area contributed by atoms with E-state index >= 15 is 0 Å². The van der Waals surface area contributed by atoms with Crippen molar-refractivity contribution in [1.29, 1.82) is 0 Å². The highest BCUT2D eigenvalue weighted by atomic mass is 127. The highest BCUT2D eigenvalue weighted by Crippen LogP contribution is 2.34. The number of rotatable bonds is 3. The van der Waals surface area contributed by atoms with Gasteiger partial charge in [-0.2, -0.15) is 8.42 Å². The van der Waals surface area contributed by atoms with Crippen molar-refractivity contribution in [2.45, 2.75) is 0 Å². The van der Waals surface area contributed by atoms with Gasteiger partial charge in [-0.15, -0.1) is 0 Å². The summed E-state index contributed by atoms with van der Waals surface area (Å²) in [6.07, 6.45) is 0.960. The van der Waals surface area contributed by atoms with Gasteiger partial charge in [0, 0.05) is 5.56 Å². The summed E-state index contributed by atoms with van der Waals surface area (Å²) in [7, 11) is -2.22. The molecule has 0 aliphatic heterocycles. The first-order valence-electron chi connectivity index (χ1n) is 4.74. The van der Waals surface area contributed by atoms with E-state index in [9.17, 15) is 8.42 Å². The minimum atomic E-state index is -3.62. The van der Waals surface area contributed by atoms with Crippen LogP contribution in [0.3, 0.4) is 0 Å². The van der Waals surface area contributed by atoms with E-state index in [1.165, 1.54) is 7.11 Å². The van der Waals surface area contributed by atoms with Crippen LogP contribution in [0.5, 0.6) is 11.5 Å². The van der Waals surface area contributed by atoms with Crippen LogP contribution in [0.15, 0.2) is 12.1 Å². The van der Waals surface area contributed by atoms with E-state index in [-0.39, 0.29) is 18.1 Å². The first-order valence-corrected chi connectivity index (χ1v) is 7.63. The maximum Gasteiger partial charge on any atom is 0.306 e. The molecule has 0 heterocycles. The van der Waals surface area contributed by atoms with E-state index in [1.807, 2.05) is 22.6 Å². The van der Waals surface area contributed by atoms with Crippen molar-refractivity contribution in [2.75, 3.05) is 20.0 Å². The van der Waals surface area contributed by atoms with Gasteiger partial charge < -0.3 is 14.0 Å². The van der Waals surface area contributed by atoms with Gasteiger partial charge in [-0.05, 0) is 34.7 Å². The quantitative estimate of drug-likeness (QED) is 0.480. The standard InChI is InChI=1S/C11H11IO5S/c1-16-10-7-8(4-3-5-13)6-9(12)11(10)17-18(2,14)15/h6-7,13H,5H2,1-2H3. The Labute approximate surface area is 119 Å². The number of aliphatic hydroxyl groups excluding tert-OH is 1. The Balaban J connectivity index is 3.28. The van der Waals surface area contributed by atoms with Gasteiger partial charge in [0.25, 0.3) is 0 Å². The summed E-state index contributed by atoms with van der Waals surface area (Å²) >= 11 is 1.93. The summed E-state index contributed by atoms with van der Waals surface area (Å²) in [4.78, 5) is 0. The predicted molar refractivity (Wildman–Crippen MR) is 75.1 cm³/mol. The third-order valence-corrected chi connectivity index (χ3v) is 3.05. The van der Waals surface area contributed by atoms with Crippen LogP contribution in [0.25, 0.3) is 0 Å². The van der Waals surface area contributed by atoms with E-state index in [0.717, 1.165) is 6.26 Å². The van der Waals surface area contributed by atoms with Crippen LogP contribution < -0.4 is 8.92 Å². The lowest BCUT2D eigenvalue weighted by molar-refractivity contribution is 0.350. The number of hydrogen-bond donors (Lipinski definition) is 1. The molecule has 0 atom stereocenters. The fraction of sp³-hybridized carbons (Fsp3) is 0.273. The van der Waals surface area contributed by atoms with Crippen molar-refractivity contribution in [3.05, 3.63) is 21.3 Å². The molecular weight excluding hydrogens is 371 g/mol. The molecule has 5 nitrogen and oxygen atoms in total. The summed E-state index contributed by atoms with van der Waals surface area (Å²) < 4.78 is 32.8. The van der Waals surface area contributed by atoms with E-state index in [4.69, 9.17) is 14.0 Å². The molecule has 0 amide bonds. The number of halogens is 1. The lowest BCUT2D eigenvalue weighted by atomic mass is 10.2. The molecule has 0 fully saturated rings. The lowest BCUT2D eigenvalue weighted by Crippen LogP contribution is -2.08. The molecule has 0 saturated heterocycles. The number of methoxy groups -OCH3 is 1. The van der Waals surface area contributed by atoms with Gasteiger partial charge in [0.15, 0.2) is 11.5 Å². The normalized spacial score (nSPS) is 10.4. The lowest BCUT2D eigenvalue weighted by Gasteiger charge is -2.11. The van der Waals surface area contributed by atoms with Crippen molar-refractivity contribution in [3.8, 4) is 23.3 Å². The van der Waals surface area contributed by atoms with Gasteiger partial charge in [-0.25, -0.2) is 0 Å². The third-order valence-electron chi connectivity index (χ3n) is 1.78. The average molecular weight is 382 g/mol. The Morgan fingerprint density at radius 2 is 2.11 bits per heavy atom. The Morgan fingerprint density at radius 1 is 1.44 bits per heavy atom. The molecule has 18 heavy (non-hydrogen) atoms. The Hall–Kier alpha value is -0.980. The molecule has 0 aliphatic carbocycles. The van der Waals surface area contributed by atoms with Crippen LogP contribution in [0.2, 0.25) is 0 Å². The molecule has 0 aromatic heterocycles. The highest BCUT2D eigenvalue weighted by Gasteiger charge is 2.15. The van der Waals surface area contributed by atoms with E-state index in [1.54, 1.807) is 12.1 Å². The number of ether oxygens (including phenoxy) is 1. The summed E-state index contributed by atoms with van der Waals surface area (Å²) in [6, 6.07) is 3.19. The van der Waals surface area contributed by atoms with Crippen molar-refractivity contribution in [2.24, 2.45) is 0 Å². The Morgan fingerprint density at radius 3 is 2.61 bits per heavy atom. The smallest absolute Gasteiger partial charge is 0.306 e. The summed E-state index contributed by atoms with van der Waals surface area (Å²) in [5, 5.41) is 8.62. The topological polar surface area (TPSA) is 72.8 Å². The molecular formula is C11H11IO5S. The van der Waals surface area contributed by atoms with E-state index in [2.05, 4.69) is 11.8 Å². The van der Waals surface area contributed by atoms with Gasteiger partial charge in [0.05, 0.1) is 16.9 Å². The molecule has 1 N–H and O–H groups in total. The number of aliphatic hydroxyl groups is 1. The van der Waals surface area contributed by atoms with Gasteiger partial charge in [-0.1, -0.05) is 11.8 Å². The number of hydrogen-bond acceptors (Lipinski definition) is 5. The molecule has 0 unspecified atom stereocenters. The SMILES string of the molecule is COc1cc(C#CCO)cc(I)c1OS(C)(=O)=O. The van der Waals surface area contributed by atoms with Gasteiger partial charge >= 0.3 is 10.1 Å². The molecule has 1 aromatic rings. The van der Waals surface area contributed by atoms with Crippen molar-refractivity contribution in [3.63, 3.8) is 0 Å². The van der Waals surface area contributed by atoms with Crippen molar-refractivity contribution in [1.82, 2.24) is 0 Å². The number of benzene rings is 1. The summed E-state index contributed by atoms with van der Waals surface area (Å²) in [5.74, 6) is 5.62. The minimum absolute atomic E-state index is 0.134. The maximum absolute atomic E-state index is 11.1. The zero-order chi connectivity index (χ0) is 13.8. The largest absolute Gasteiger partial charge is 0.493 e. The molecule has 1 aromatic carbocycles. The second-order valence-electron chi connectivity index (χ2n) is 3.24. The van der Waals surface area contributed by atoms with Gasteiger partial charge in [0.1, 0.15) is 6.61 Å². The van der Waals surface area contributed by atoms with Crippen molar-refractivity contribution < 1.29 is 22.4 Å². The first-order chi connectivity index (χ1) is 8.37. The molecule has 0 spiro atoms.